The van der Waals surface area contributed by atoms with Crippen LogP contribution < -0.4 is 0 Å². The summed E-state index contributed by atoms with van der Waals surface area (Å²) in [5.74, 6) is 0. The zero-order valence-electron chi connectivity index (χ0n) is 20.7. The van der Waals surface area contributed by atoms with Crippen molar-refractivity contribution in [2.45, 2.75) is 56.7 Å². The fourth-order valence-electron chi connectivity index (χ4n) is 4.57. The molecular formula is C28H33N3O2S. The average molecular weight is 476 g/mol. The molecule has 178 valence electrons. The van der Waals surface area contributed by atoms with Crippen LogP contribution in [0.3, 0.4) is 0 Å². The molecule has 1 aromatic heterocycles. The molecule has 1 fully saturated rings. The van der Waals surface area contributed by atoms with Crippen molar-refractivity contribution in [2.24, 2.45) is 0 Å². The predicted molar refractivity (Wildman–Crippen MR) is 138 cm³/mol. The SMILES string of the molecule is CSc1nccc(-c2ccc(C3(c4ccc(C)cc4)CCN(C(=O)OC(C)(C)C)CC3)cc2)n1. The van der Waals surface area contributed by atoms with Crippen LogP contribution >= 0.6 is 11.8 Å². The number of likely N-dealkylation sites (tertiary alicyclic amines) is 1. The summed E-state index contributed by atoms with van der Waals surface area (Å²) in [6.07, 6.45) is 5.26. The third kappa shape index (κ3) is 5.27. The second kappa shape index (κ2) is 9.79. The molecule has 2 aromatic carbocycles. The molecule has 4 rings (SSSR count). The molecule has 1 amide bonds. The van der Waals surface area contributed by atoms with Crippen LogP contribution in [0.5, 0.6) is 0 Å². The molecule has 34 heavy (non-hydrogen) atoms. The third-order valence-corrected chi connectivity index (χ3v) is 6.98. The number of aromatic nitrogens is 2. The number of rotatable bonds is 4. The van der Waals surface area contributed by atoms with Crippen LogP contribution in [0.4, 0.5) is 4.79 Å². The molecule has 0 spiro atoms. The maximum absolute atomic E-state index is 12.7. The van der Waals surface area contributed by atoms with E-state index in [4.69, 9.17) is 4.74 Å². The molecule has 0 aliphatic carbocycles. The Morgan fingerprint density at radius 2 is 1.56 bits per heavy atom. The molecule has 0 bridgehead atoms. The van der Waals surface area contributed by atoms with Gasteiger partial charge in [-0.1, -0.05) is 65.9 Å². The molecule has 0 unspecified atom stereocenters. The number of hydrogen-bond donors (Lipinski definition) is 0. The summed E-state index contributed by atoms with van der Waals surface area (Å²) < 4.78 is 5.63. The lowest BCUT2D eigenvalue weighted by molar-refractivity contribution is 0.0180. The lowest BCUT2D eigenvalue weighted by Crippen LogP contribution is -2.47. The molecule has 3 aromatic rings. The van der Waals surface area contributed by atoms with Gasteiger partial charge in [-0.2, -0.15) is 0 Å². The van der Waals surface area contributed by atoms with Crippen molar-refractivity contribution in [3.63, 3.8) is 0 Å². The molecule has 1 aliphatic heterocycles. The average Bonchev–Trinajstić information content (AvgIpc) is 2.83. The number of ether oxygens (including phenoxy) is 1. The van der Waals surface area contributed by atoms with Gasteiger partial charge in [0.25, 0.3) is 0 Å². The van der Waals surface area contributed by atoms with E-state index < -0.39 is 5.60 Å². The van der Waals surface area contributed by atoms with E-state index in [0.717, 1.165) is 29.3 Å². The summed E-state index contributed by atoms with van der Waals surface area (Å²) in [5, 5.41) is 0.771. The van der Waals surface area contributed by atoms with Gasteiger partial charge >= 0.3 is 6.09 Å². The first-order valence-corrected chi connectivity index (χ1v) is 13.0. The number of nitrogens with zero attached hydrogens (tertiary/aromatic N) is 3. The topological polar surface area (TPSA) is 55.3 Å². The Bertz CT molecular complexity index is 1130. The van der Waals surface area contributed by atoms with Gasteiger partial charge in [-0.05, 0) is 64.0 Å². The number of carbonyl (C=O) groups is 1. The standard InChI is InChI=1S/C28H33N3O2S/c1-20-6-10-22(11-7-20)28(15-18-31(19-16-28)26(32)33-27(2,3)4)23-12-8-21(9-13-23)24-14-17-29-25(30-24)34-5/h6-14,17H,15-16,18-19H2,1-5H3. The minimum atomic E-state index is -0.491. The van der Waals surface area contributed by atoms with E-state index in [9.17, 15) is 4.79 Å². The van der Waals surface area contributed by atoms with Gasteiger partial charge < -0.3 is 9.64 Å². The molecule has 1 aliphatic rings. The van der Waals surface area contributed by atoms with Gasteiger partial charge in [0.2, 0.25) is 0 Å². The molecule has 5 nitrogen and oxygen atoms in total. The van der Waals surface area contributed by atoms with E-state index in [1.807, 2.05) is 44.2 Å². The minimum Gasteiger partial charge on any atom is -0.444 e. The number of carbonyl (C=O) groups excluding carboxylic acids is 1. The monoisotopic (exact) mass is 475 g/mol. The highest BCUT2D eigenvalue weighted by atomic mass is 32.2. The Labute approximate surface area is 207 Å². The fraction of sp³-hybridized carbons (Fsp3) is 0.393. The maximum atomic E-state index is 12.7. The highest BCUT2D eigenvalue weighted by Gasteiger charge is 2.39. The molecule has 0 saturated carbocycles. The Morgan fingerprint density at radius 1 is 0.971 bits per heavy atom. The fourth-order valence-corrected chi connectivity index (χ4v) is 4.93. The van der Waals surface area contributed by atoms with E-state index in [2.05, 4.69) is 65.4 Å². The van der Waals surface area contributed by atoms with E-state index in [1.165, 1.54) is 16.7 Å². The van der Waals surface area contributed by atoms with Crippen molar-refractivity contribution in [1.29, 1.82) is 0 Å². The van der Waals surface area contributed by atoms with Crippen molar-refractivity contribution in [3.8, 4) is 11.3 Å². The first kappa shape index (κ1) is 24.3. The molecule has 1 saturated heterocycles. The summed E-state index contributed by atoms with van der Waals surface area (Å²) in [6, 6.07) is 19.5. The van der Waals surface area contributed by atoms with Crippen LogP contribution in [0, 0.1) is 6.92 Å². The van der Waals surface area contributed by atoms with Crippen LogP contribution in [0.15, 0.2) is 66.0 Å². The Balaban J connectivity index is 1.64. The third-order valence-electron chi connectivity index (χ3n) is 6.42. The quantitative estimate of drug-likeness (QED) is 0.319. The van der Waals surface area contributed by atoms with Crippen molar-refractivity contribution < 1.29 is 9.53 Å². The Morgan fingerprint density at radius 3 is 2.12 bits per heavy atom. The minimum absolute atomic E-state index is 0.152. The number of thioether (sulfide) groups is 1. The van der Waals surface area contributed by atoms with E-state index >= 15 is 0 Å². The van der Waals surface area contributed by atoms with Crippen LogP contribution in [0.2, 0.25) is 0 Å². The number of aryl methyl sites for hydroxylation is 1. The van der Waals surface area contributed by atoms with Crippen LogP contribution in [-0.2, 0) is 10.2 Å². The Kier molecular flexibility index (Phi) is 6.99. The summed E-state index contributed by atoms with van der Waals surface area (Å²) >= 11 is 1.54. The second-order valence-electron chi connectivity index (χ2n) is 9.92. The van der Waals surface area contributed by atoms with Gasteiger partial charge in [-0.3, -0.25) is 0 Å². The van der Waals surface area contributed by atoms with Crippen molar-refractivity contribution >= 4 is 17.9 Å². The summed E-state index contributed by atoms with van der Waals surface area (Å²) in [7, 11) is 0. The largest absolute Gasteiger partial charge is 0.444 e. The first-order valence-electron chi connectivity index (χ1n) is 11.7. The van der Waals surface area contributed by atoms with Crippen molar-refractivity contribution in [3.05, 3.63) is 77.5 Å². The Hall–Kier alpha value is -2.86. The van der Waals surface area contributed by atoms with Crippen molar-refractivity contribution in [2.75, 3.05) is 19.3 Å². The van der Waals surface area contributed by atoms with Gasteiger partial charge in [0.05, 0.1) is 5.69 Å². The number of amides is 1. The van der Waals surface area contributed by atoms with Crippen LogP contribution in [0.25, 0.3) is 11.3 Å². The first-order chi connectivity index (χ1) is 16.2. The molecule has 0 N–H and O–H groups in total. The van der Waals surface area contributed by atoms with E-state index in [0.29, 0.717) is 13.1 Å². The van der Waals surface area contributed by atoms with Gasteiger partial charge in [-0.15, -0.1) is 0 Å². The summed E-state index contributed by atoms with van der Waals surface area (Å²) in [6.45, 7) is 9.16. The predicted octanol–water partition coefficient (Wildman–Crippen LogP) is 6.49. The van der Waals surface area contributed by atoms with Gasteiger partial charge in [-0.25, -0.2) is 14.8 Å². The zero-order chi connectivity index (χ0) is 24.3. The smallest absolute Gasteiger partial charge is 0.410 e. The van der Waals surface area contributed by atoms with Crippen LogP contribution in [0.1, 0.15) is 50.3 Å². The lowest BCUT2D eigenvalue weighted by atomic mass is 9.68. The zero-order valence-corrected chi connectivity index (χ0v) is 21.5. The van der Waals surface area contributed by atoms with Crippen molar-refractivity contribution in [1.82, 2.24) is 14.9 Å². The molecule has 2 heterocycles. The van der Waals surface area contributed by atoms with Gasteiger partial charge in [0.15, 0.2) is 5.16 Å². The number of piperidine rings is 1. The second-order valence-corrected chi connectivity index (χ2v) is 10.7. The van der Waals surface area contributed by atoms with E-state index in [1.54, 1.807) is 11.8 Å². The normalized spacial score (nSPS) is 15.7. The molecular weight excluding hydrogens is 442 g/mol. The highest BCUT2D eigenvalue weighted by molar-refractivity contribution is 7.98. The van der Waals surface area contributed by atoms with Gasteiger partial charge in [0, 0.05) is 30.3 Å². The highest BCUT2D eigenvalue weighted by Crippen LogP contribution is 2.42. The number of hydrogen-bond acceptors (Lipinski definition) is 5. The summed E-state index contributed by atoms with van der Waals surface area (Å²) in [4.78, 5) is 23.5. The summed E-state index contributed by atoms with van der Waals surface area (Å²) in [5.41, 5.74) is 5.16. The number of benzene rings is 2. The molecule has 0 atom stereocenters. The molecule has 0 radical (unpaired) electrons. The van der Waals surface area contributed by atoms with E-state index in [-0.39, 0.29) is 11.5 Å². The molecule has 6 heteroatoms. The van der Waals surface area contributed by atoms with Gasteiger partial charge in [0.1, 0.15) is 5.60 Å². The maximum Gasteiger partial charge on any atom is 0.410 e. The lowest BCUT2D eigenvalue weighted by Gasteiger charge is -2.43. The van der Waals surface area contributed by atoms with Crippen LogP contribution in [-0.4, -0.2) is 45.9 Å².